The van der Waals surface area contributed by atoms with Crippen LogP contribution in [0.2, 0.25) is 0 Å². The van der Waals surface area contributed by atoms with Crippen molar-refractivity contribution < 1.29 is 14.3 Å². The fourth-order valence-electron chi connectivity index (χ4n) is 1.83. The Kier molecular flexibility index (Phi) is 5.04. The number of anilines is 2. The maximum absolute atomic E-state index is 11.1. The number of amides is 1. The summed E-state index contributed by atoms with van der Waals surface area (Å²) in [7, 11) is 2.99. The third-order valence-electron chi connectivity index (χ3n) is 2.95. The summed E-state index contributed by atoms with van der Waals surface area (Å²) >= 11 is 0. The Balaban J connectivity index is 1.92. The lowest BCUT2D eigenvalue weighted by Gasteiger charge is -2.09. The first-order valence-electron chi connectivity index (χ1n) is 6.53. The van der Waals surface area contributed by atoms with Crippen LogP contribution in [0.5, 0.6) is 5.75 Å². The smallest absolute Gasteiger partial charge is 0.411 e. The molecule has 2 aromatic carbocycles. The molecule has 0 spiro atoms. The van der Waals surface area contributed by atoms with Crippen LogP contribution >= 0.6 is 0 Å². The first-order valence-corrected chi connectivity index (χ1v) is 6.53. The molecule has 1 amide bonds. The van der Waals surface area contributed by atoms with Crippen molar-refractivity contribution in [3.8, 4) is 5.75 Å². The highest BCUT2D eigenvalue weighted by atomic mass is 16.5. The van der Waals surface area contributed by atoms with E-state index in [1.54, 1.807) is 7.11 Å². The zero-order chi connectivity index (χ0) is 15.1. The average molecular weight is 286 g/mol. The molecule has 0 saturated heterocycles. The van der Waals surface area contributed by atoms with E-state index in [-0.39, 0.29) is 0 Å². The highest BCUT2D eigenvalue weighted by Gasteiger charge is 2.00. The number of hydrogen-bond acceptors (Lipinski definition) is 4. The van der Waals surface area contributed by atoms with Crippen molar-refractivity contribution >= 4 is 17.5 Å². The Labute approximate surface area is 123 Å². The minimum absolute atomic E-state index is 0.480. The van der Waals surface area contributed by atoms with Gasteiger partial charge in [0.05, 0.1) is 14.2 Å². The van der Waals surface area contributed by atoms with Crippen LogP contribution in [0, 0.1) is 0 Å². The highest BCUT2D eigenvalue weighted by Crippen LogP contribution is 2.17. The molecule has 21 heavy (non-hydrogen) atoms. The van der Waals surface area contributed by atoms with Gasteiger partial charge in [-0.25, -0.2) is 4.79 Å². The van der Waals surface area contributed by atoms with Crippen molar-refractivity contribution in [2.45, 2.75) is 6.54 Å². The van der Waals surface area contributed by atoms with E-state index < -0.39 is 6.09 Å². The maximum atomic E-state index is 11.1. The lowest BCUT2D eigenvalue weighted by molar-refractivity contribution is 0.187. The second-order valence-electron chi connectivity index (χ2n) is 4.40. The summed E-state index contributed by atoms with van der Waals surface area (Å²) in [5.41, 5.74) is 2.79. The molecule has 0 heterocycles. The SMILES string of the molecule is COC(=O)Nc1ccc(NCc2cccc(OC)c2)cc1. The molecule has 110 valence electrons. The van der Waals surface area contributed by atoms with Gasteiger partial charge in [-0.1, -0.05) is 12.1 Å². The van der Waals surface area contributed by atoms with Gasteiger partial charge in [0.2, 0.25) is 0 Å². The van der Waals surface area contributed by atoms with E-state index in [0.717, 1.165) is 17.0 Å². The van der Waals surface area contributed by atoms with E-state index in [1.807, 2.05) is 48.5 Å². The number of methoxy groups -OCH3 is 2. The van der Waals surface area contributed by atoms with E-state index in [4.69, 9.17) is 4.74 Å². The summed E-state index contributed by atoms with van der Waals surface area (Å²) < 4.78 is 9.72. The number of nitrogens with one attached hydrogen (secondary N) is 2. The van der Waals surface area contributed by atoms with Gasteiger partial charge in [-0.15, -0.1) is 0 Å². The molecule has 0 radical (unpaired) electrons. The molecule has 0 bridgehead atoms. The van der Waals surface area contributed by atoms with Gasteiger partial charge in [-0.05, 0) is 42.0 Å². The molecular formula is C16H18N2O3. The fourth-order valence-corrected chi connectivity index (χ4v) is 1.83. The first-order chi connectivity index (χ1) is 10.2. The summed E-state index contributed by atoms with van der Waals surface area (Å²) in [6, 6.07) is 15.3. The molecule has 2 N–H and O–H groups in total. The second kappa shape index (κ2) is 7.19. The molecule has 0 aliphatic carbocycles. The maximum Gasteiger partial charge on any atom is 0.411 e. The minimum atomic E-state index is -0.480. The predicted molar refractivity (Wildman–Crippen MR) is 82.8 cm³/mol. The van der Waals surface area contributed by atoms with Crippen molar-refractivity contribution in [1.82, 2.24) is 0 Å². The van der Waals surface area contributed by atoms with Gasteiger partial charge in [0.25, 0.3) is 0 Å². The summed E-state index contributed by atoms with van der Waals surface area (Å²) in [5.74, 6) is 0.840. The zero-order valence-electron chi connectivity index (χ0n) is 12.1. The quantitative estimate of drug-likeness (QED) is 0.883. The van der Waals surface area contributed by atoms with Gasteiger partial charge in [-0.3, -0.25) is 5.32 Å². The molecule has 0 unspecified atom stereocenters. The number of carbonyl (C=O) groups excluding carboxylic acids is 1. The van der Waals surface area contributed by atoms with E-state index in [1.165, 1.54) is 7.11 Å². The third kappa shape index (κ3) is 4.42. The normalized spacial score (nSPS) is 9.81. The first kappa shape index (κ1) is 14.7. The zero-order valence-corrected chi connectivity index (χ0v) is 12.1. The van der Waals surface area contributed by atoms with Gasteiger partial charge in [-0.2, -0.15) is 0 Å². The third-order valence-corrected chi connectivity index (χ3v) is 2.95. The predicted octanol–water partition coefficient (Wildman–Crippen LogP) is 3.49. The molecule has 0 aliphatic rings. The lowest BCUT2D eigenvalue weighted by Crippen LogP contribution is -2.10. The largest absolute Gasteiger partial charge is 0.497 e. The Morgan fingerprint density at radius 3 is 2.43 bits per heavy atom. The number of ether oxygens (including phenoxy) is 2. The fraction of sp³-hybridized carbons (Fsp3) is 0.188. The van der Waals surface area contributed by atoms with Crippen LogP contribution < -0.4 is 15.4 Å². The van der Waals surface area contributed by atoms with Gasteiger partial charge in [0.1, 0.15) is 5.75 Å². The van der Waals surface area contributed by atoms with E-state index in [2.05, 4.69) is 15.4 Å². The van der Waals surface area contributed by atoms with Crippen LogP contribution in [0.25, 0.3) is 0 Å². The molecule has 0 fully saturated rings. The Morgan fingerprint density at radius 2 is 1.76 bits per heavy atom. The number of rotatable bonds is 5. The number of hydrogen-bond donors (Lipinski definition) is 2. The van der Waals surface area contributed by atoms with Crippen molar-refractivity contribution in [3.05, 3.63) is 54.1 Å². The molecule has 5 nitrogen and oxygen atoms in total. The molecule has 2 aromatic rings. The second-order valence-corrected chi connectivity index (χ2v) is 4.40. The monoisotopic (exact) mass is 286 g/mol. The van der Waals surface area contributed by atoms with Crippen LogP contribution in [-0.2, 0) is 11.3 Å². The van der Waals surface area contributed by atoms with Crippen LogP contribution in [-0.4, -0.2) is 20.3 Å². The van der Waals surface area contributed by atoms with Gasteiger partial charge in [0.15, 0.2) is 0 Å². The Hall–Kier alpha value is -2.69. The van der Waals surface area contributed by atoms with Crippen LogP contribution in [0.1, 0.15) is 5.56 Å². The van der Waals surface area contributed by atoms with Crippen molar-refractivity contribution in [2.75, 3.05) is 24.9 Å². The summed E-state index contributed by atoms with van der Waals surface area (Å²) in [5, 5.41) is 5.91. The van der Waals surface area contributed by atoms with Crippen LogP contribution in [0.4, 0.5) is 16.2 Å². The summed E-state index contributed by atoms with van der Waals surface area (Å²) in [6.45, 7) is 0.695. The average Bonchev–Trinajstić information content (AvgIpc) is 2.54. The van der Waals surface area contributed by atoms with E-state index >= 15 is 0 Å². The van der Waals surface area contributed by atoms with Gasteiger partial charge < -0.3 is 14.8 Å². The van der Waals surface area contributed by atoms with E-state index in [9.17, 15) is 4.79 Å². The standard InChI is InChI=1S/C16H18N2O3/c1-20-15-5-3-4-12(10-15)11-17-13-6-8-14(9-7-13)18-16(19)21-2/h3-10,17H,11H2,1-2H3,(H,18,19). The Bertz CT molecular complexity index is 597. The minimum Gasteiger partial charge on any atom is -0.497 e. The molecule has 0 saturated carbocycles. The lowest BCUT2D eigenvalue weighted by atomic mass is 10.2. The molecule has 5 heteroatoms. The molecule has 0 aromatic heterocycles. The van der Waals surface area contributed by atoms with Crippen molar-refractivity contribution in [3.63, 3.8) is 0 Å². The topological polar surface area (TPSA) is 59.6 Å². The van der Waals surface area contributed by atoms with Crippen LogP contribution in [0.15, 0.2) is 48.5 Å². The van der Waals surface area contributed by atoms with Crippen LogP contribution in [0.3, 0.4) is 0 Å². The number of carbonyl (C=O) groups is 1. The summed E-state index contributed by atoms with van der Waals surface area (Å²) in [6.07, 6.45) is -0.480. The molecule has 0 atom stereocenters. The van der Waals surface area contributed by atoms with Crippen molar-refractivity contribution in [1.29, 1.82) is 0 Å². The highest BCUT2D eigenvalue weighted by molar-refractivity contribution is 5.84. The molecule has 2 rings (SSSR count). The van der Waals surface area contributed by atoms with E-state index in [0.29, 0.717) is 12.2 Å². The summed E-state index contributed by atoms with van der Waals surface area (Å²) in [4.78, 5) is 11.1. The molecular weight excluding hydrogens is 268 g/mol. The Morgan fingerprint density at radius 1 is 1.05 bits per heavy atom. The number of benzene rings is 2. The van der Waals surface area contributed by atoms with Gasteiger partial charge in [0, 0.05) is 17.9 Å². The molecule has 0 aliphatic heterocycles. The van der Waals surface area contributed by atoms with Crippen molar-refractivity contribution in [2.24, 2.45) is 0 Å². The van der Waals surface area contributed by atoms with Gasteiger partial charge >= 0.3 is 6.09 Å².